The molecular weight excluding hydrogens is 272 g/mol. The van der Waals surface area contributed by atoms with Gasteiger partial charge in [-0.15, -0.1) is 0 Å². The second-order valence-corrected chi connectivity index (χ2v) is 5.95. The lowest BCUT2D eigenvalue weighted by atomic mass is 9.90. The first-order chi connectivity index (χ1) is 10.7. The summed E-state index contributed by atoms with van der Waals surface area (Å²) in [4.78, 5) is 0. The first kappa shape index (κ1) is 14.7. The van der Waals surface area contributed by atoms with E-state index in [1.165, 1.54) is 27.8 Å². The molecule has 0 radical (unpaired) electrons. The molecule has 0 aliphatic heterocycles. The molecule has 1 aliphatic carbocycles. The average molecular weight is 294 g/mol. The predicted molar refractivity (Wildman–Crippen MR) is 90.9 cm³/mol. The molecule has 0 aromatic heterocycles. The van der Waals surface area contributed by atoms with Crippen molar-refractivity contribution in [3.05, 3.63) is 59.2 Å². The van der Waals surface area contributed by atoms with E-state index in [2.05, 4.69) is 13.0 Å². The molecule has 2 aromatic carbocycles. The Labute approximate surface area is 131 Å². The molecule has 0 saturated carbocycles. The summed E-state index contributed by atoms with van der Waals surface area (Å²) in [6.45, 7) is 2.20. The summed E-state index contributed by atoms with van der Waals surface area (Å²) in [6, 6.07) is 13.3. The molecule has 22 heavy (non-hydrogen) atoms. The van der Waals surface area contributed by atoms with Gasteiger partial charge in [-0.05, 0) is 77.8 Å². The minimum absolute atomic E-state index is 0.306. The van der Waals surface area contributed by atoms with Crippen LogP contribution < -0.4 is 0 Å². The summed E-state index contributed by atoms with van der Waals surface area (Å²) in [5.41, 5.74) is 6.49. The van der Waals surface area contributed by atoms with Gasteiger partial charge in [-0.2, -0.15) is 0 Å². The monoisotopic (exact) mass is 294 g/mol. The number of allylic oxidation sites excluding steroid dienone is 2. The highest BCUT2D eigenvalue weighted by Gasteiger charge is 2.18. The van der Waals surface area contributed by atoms with E-state index in [1.54, 1.807) is 18.2 Å². The lowest BCUT2D eigenvalue weighted by Crippen LogP contribution is -1.93. The Hall–Kier alpha value is -2.22. The number of hydrogen-bond acceptors (Lipinski definition) is 2. The van der Waals surface area contributed by atoms with Crippen LogP contribution in [0.2, 0.25) is 0 Å². The van der Waals surface area contributed by atoms with E-state index in [0.717, 1.165) is 32.1 Å². The Morgan fingerprint density at radius 3 is 2.36 bits per heavy atom. The molecule has 0 spiro atoms. The van der Waals surface area contributed by atoms with E-state index in [0.29, 0.717) is 11.5 Å². The van der Waals surface area contributed by atoms with Gasteiger partial charge in [0.25, 0.3) is 0 Å². The second kappa shape index (κ2) is 6.27. The minimum atomic E-state index is 0.306. The first-order valence-corrected chi connectivity index (χ1v) is 8.02. The van der Waals surface area contributed by atoms with Crippen molar-refractivity contribution in [1.29, 1.82) is 0 Å². The maximum atomic E-state index is 9.77. The quantitative estimate of drug-likeness (QED) is 0.822. The zero-order valence-corrected chi connectivity index (χ0v) is 13.0. The Balaban J connectivity index is 2.16. The van der Waals surface area contributed by atoms with E-state index in [-0.39, 0.29) is 0 Å². The fourth-order valence-corrected chi connectivity index (χ4v) is 3.37. The highest BCUT2D eigenvalue weighted by molar-refractivity contribution is 5.92. The number of aryl methyl sites for hydroxylation is 1. The predicted octanol–water partition coefficient (Wildman–Crippen LogP) is 5.15. The van der Waals surface area contributed by atoms with Crippen molar-refractivity contribution in [1.82, 2.24) is 0 Å². The number of hydrogen-bond donors (Lipinski definition) is 2. The van der Waals surface area contributed by atoms with Crippen LogP contribution in [0.1, 0.15) is 49.3 Å². The summed E-state index contributed by atoms with van der Waals surface area (Å²) < 4.78 is 0. The molecular formula is C20H22O2. The number of fused-ring (bicyclic) bond motifs is 1. The Morgan fingerprint density at radius 1 is 0.909 bits per heavy atom. The molecule has 0 heterocycles. The van der Waals surface area contributed by atoms with Gasteiger partial charge in [0.15, 0.2) is 0 Å². The summed E-state index contributed by atoms with van der Waals surface area (Å²) in [7, 11) is 0. The summed E-state index contributed by atoms with van der Waals surface area (Å²) in [5, 5.41) is 19.3. The number of benzene rings is 2. The number of phenols is 2. The van der Waals surface area contributed by atoms with Crippen molar-refractivity contribution in [3.63, 3.8) is 0 Å². The van der Waals surface area contributed by atoms with E-state index in [4.69, 9.17) is 0 Å². The molecule has 0 amide bonds. The van der Waals surface area contributed by atoms with E-state index in [1.807, 2.05) is 18.2 Å². The molecule has 0 fully saturated rings. The zero-order chi connectivity index (χ0) is 15.5. The normalized spacial score (nSPS) is 14.6. The molecule has 114 valence electrons. The topological polar surface area (TPSA) is 40.5 Å². The third kappa shape index (κ3) is 2.87. The first-order valence-electron chi connectivity index (χ1n) is 8.02. The molecule has 0 atom stereocenters. The number of phenolic OH excluding ortho intramolecular Hbond substituents is 2. The van der Waals surface area contributed by atoms with Crippen molar-refractivity contribution in [2.24, 2.45) is 0 Å². The Morgan fingerprint density at radius 2 is 1.64 bits per heavy atom. The molecule has 2 heteroatoms. The van der Waals surface area contributed by atoms with Crippen molar-refractivity contribution >= 4 is 11.1 Å². The standard InChI is InChI=1S/C20H22O2/c1-2-4-20-18(14-7-9-16(21)10-8-14)6-3-5-15-13-17(22)11-12-19(15)20/h7-13,21-22H,2-6H2,1H3. The average Bonchev–Trinajstić information content (AvgIpc) is 2.68. The third-order valence-corrected chi connectivity index (χ3v) is 4.37. The van der Waals surface area contributed by atoms with E-state index in [9.17, 15) is 10.2 Å². The van der Waals surface area contributed by atoms with Gasteiger partial charge in [0, 0.05) is 0 Å². The Bertz CT molecular complexity index is 696. The maximum Gasteiger partial charge on any atom is 0.115 e. The van der Waals surface area contributed by atoms with Crippen LogP contribution in [0.5, 0.6) is 11.5 Å². The molecule has 1 aliphatic rings. The largest absolute Gasteiger partial charge is 0.508 e. The smallest absolute Gasteiger partial charge is 0.115 e. The van der Waals surface area contributed by atoms with Gasteiger partial charge in [0.1, 0.15) is 11.5 Å². The number of aromatic hydroxyl groups is 2. The van der Waals surface area contributed by atoms with Gasteiger partial charge in [-0.3, -0.25) is 0 Å². The molecule has 0 unspecified atom stereocenters. The van der Waals surface area contributed by atoms with Crippen LogP contribution in [0.4, 0.5) is 0 Å². The molecule has 2 N–H and O–H groups in total. The summed E-state index contributed by atoms with van der Waals surface area (Å²) in [5.74, 6) is 0.656. The van der Waals surface area contributed by atoms with Crippen molar-refractivity contribution < 1.29 is 10.2 Å². The fourth-order valence-electron chi connectivity index (χ4n) is 3.37. The van der Waals surface area contributed by atoms with Crippen molar-refractivity contribution in [2.75, 3.05) is 0 Å². The molecule has 0 bridgehead atoms. The highest BCUT2D eigenvalue weighted by Crippen LogP contribution is 2.39. The van der Waals surface area contributed by atoms with Crippen LogP contribution in [-0.2, 0) is 6.42 Å². The van der Waals surface area contributed by atoms with Crippen molar-refractivity contribution in [2.45, 2.75) is 39.0 Å². The zero-order valence-electron chi connectivity index (χ0n) is 13.0. The number of rotatable bonds is 3. The van der Waals surface area contributed by atoms with Crippen molar-refractivity contribution in [3.8, 4) is 11.5 Å². The van der Waals surface area contributed by atoms with Gasteiger partial charge in [-0.1, -0.05) is 31.5 Å². The summed E-state index contributed by atoms with van der Waals surface area (Å²) >= 11 is 0. The molecule has 3 rings (SSSR count). The van der Waals surface area contributed by atoms with Gasteiger partial charge in [0.2, 0.25) is 0 Å². The second-order valence-electron chi connectivity index (χ2n) is 5.95. The molecule has 0 saturated heterocycles. The van der Waals surface area contributed by atoms with Crippen LogP contribution >= 0.6 is 0 Å². The Kier molecular flexibility index (Phi) is 4.19. The fraction of sp³-hybridized carbons (Fsp3) is 0.300. The third-order valence-electron chi connectivity index (χ3n) is 4.37. The van der Waals surface area contributed by atoms with Gasteiger partial charge < -0.3 is 10.2 Å². The van der Waals surface area contributed by atoms with Crippen LogP contribution in [0.25, 0.3) is 11.1 Å². The van der Waals surface area contributed by atoms with E-state index < -0.39 is 0 Å². The highest BCUT2D eigenvalue weighted by atomic mass is 16.3. The van der Waals surface area contributed by atoms with Crippen LogP contribution in [0.3, 0.4) is 0 Å². The summed E-state index contributed by atoms with van der Waals surface area (Å²) in [6.07, 6.45) is 5.25. The van der Waals surface area contributed by atoms with Crippen LogP contribution in [0, 0.1) is 0 Å². The maximum absolute atomic E-state index is 9.77. The van der Waals surface area contributed by atoms with Gasteiger partial charge >= 0.3 is 0 Å². The molecule has 2 aromatic rings. The molecule has 2 nitrogen and oxygen atoms in total. The van der Waals surface area contributed by atoms with E-state index >= 15 is 0 Å². The van der Waals surface area contributed by atoms with Gasteiger partial charge in [-0.25, -0.2) is 0 Å². The lowest BCUT2D eigenvalue weighted by Gasteiger charge is -2.15. The van der Waals surface area contributed by atoms with Gasteiger partial charge in [0.05, 0.1) is 0 Å². The SMILES string of the molecule is CCCC1=C(c2ccc(O)cc2)CCCc2cc(O)ccc21. The van der Waals surface area contributed by atoms with Crippen LogP contribution in [-0.4, -0.2) is 10.2 Å². The minimum Gasteiger partial charge on any atom is -0.508 e. The van der Waals surface area contributed by atoms with Crippen LogP contribution in [0.15, 0.2) is 42.5 Å². The lowest BCUT2D eigenvalue weighted by molar-refractivity contribution is 0.474.